The van der Waals surface area contributed by atoms with E-state index < -0.39 is 44.1 Å². The minimum atomic E-state index is -4.19. The molecule has 0 fully saturated rings. The molecule has 1 aromatic heterocycles. The lowest BCUT2D eigenvalue weighted by Gasteiger charge is -2.09. The molecule has 3 aromatic rings. The summed E-state index contributed by atoms with van der Waals surface area (Å²) in [5.74, 6) is -3.04. The third-order valence-corrected chi connectivity index (χ3v) is 5.89. The van der Waals surface area contributed by atoms with E-state index in [9.17, 15) is 22.4 Å². The van der Waals surface area contributed by atoms with Gasteiger partial charge >= 0.3 is 0 Å². The van der Waals surface area contributed by atoms with E-state index in [1.165, 1.54) is 42.5 Å². The number of hydrazine groups is 1. The standard InChI is InChI=1S/C19H13Cl2FN4O4S/c20-13-7-5-11(6-8-13)17(27)25-26-18(28)16-14(21)9-23-19(24-16)31(29,30)10-12-3-1-2-4-15(12)22/h1-9H,10H2,(H,25,27)(H,26,28). The van der Waals surface area contributed by atoms with Gasteiger partial charge in [-0.25, -0.2) is 22.8 Å². The number of benzene rings is 2. The van der Waals surface area contributed by atoms with Crippen molar-refractivity contribution >= 4 is 44.9 Å². The van der Waals surface area contributed by atoms with Crippen LogP contribution in [0.3, 0.4) is 0 Å². The maximum Gasteiger partial charge on any atom is 0.290 e. The van der Waals surface area contributed by atoms with Crippen molar-refractivity contribution in [3.8, 4) is 0 Å². The van der Waals surface area contributed by atoms with E-state index in [0.29, 0.717) is 5.02 Å². The van der Waals surface area contributed by atoms with Crippen molar-refractivity contribution in [1.82, 2.24) is 20.8 Å². The van der Waals surface area contributed by atoms with Crippen molar-refractivity contribution in [3.05, 3.63) is 87.4 Å². The van der Waals surface area contributed by atoms with Crippen LogP contribution in [0.25, 0.3) is 0 Å². The summed E-state index contributed by atoms with van der Waals surface area (Å²) >= 11 is 11.7. The first kappa shape index (κ1) is 22.6. The summed E-state index contributed by atoms with van der Waals surface area (Å²) in [6, 6.07) is 11.2. The highest BCUT2D eigenvalue weighted by Gasteiger charge is 2.24. The van der Waals surface area contributed by atoms with Crippen molar-refractivity contribution in [1.29, 1.82) is 0 Å². The molecular weight excluding hydrogens is 470 g/mol. The predicted molar refractivity (Wildman–Crippen MR) is 111 cm³/mol. The van der Waals surface area contributed by atoms with Gasteiger partial charge in [0.2, 0.25) is 15.0 Å². The molecule has 0 bridgehead atoms. The summed E-state index contributed by atoms with van der Waals surface area (Å²) < 4.78 is 39.0. The maximum absolute atomic E-state index is 13.8. The molecule has 8 nitrogen and oxygen atoms in total. The SMILES string of the molecule is O=C(NNC(=O)c1nc(S(=O)(=O)Cc2ccccc2F)ncc1Cl)c1ccc(Cl)cc1. The molecule has 0 spiro atoms. The van der Waals surface area contributed by atoms with Gasteiger partial charge in [-0.1, -0.05) is 41.4 Å². The number of nitrogens with one attached hydrogen (secondary N) is 2. The van der Waals surface area contributed by atoms with Crippen LogP contribution in [0.4, 0.5) is 4.39 Å². The molecular formula is C19H13Cl2FN4O4S. The van der Waals surface area contributed by atoms with Crippen LogP contribution in [0.1, 0.15) is 26.4 Å². The molecule has 0 aliphatic carbocycles. The fraction of sp³-hybridized carbons (Fsp3) is 0.0526. The van der Waals surface area contributed by atoms with Gasteiger partial charge in [0.1, 0.15) is 5.82 Å². The summed E-state index contributed by atoms with van der Waals surface area (Å²) in [7, 11) is -4.19. The topological polar surface area (TPSA) is 118 Å². The highest BCUT2D eigenvalue weighted by Crippen LogP contribution is 2.19. The highest BCUT2D eigenvalue weighted by molar-refractivity contribution is 7.90. The number of nitrogens with zero attached hydrogens (tertiary/aromatic N) is 2. The van der Waals surface area contributed by atoms with E-state index in [0.717, 1.165) is 12.3 Å². The molecule has 2 amide bonds. The predicted octanol–water partition coefficient (Wildman–Crippen LogP) is 2.97. The smallest absolute Gasteiger partial charge is 0.267 e. The fourth-order valence-corrected chi connectivity index (χ4v) is 3.91. The lowest BCUT2D eigenvalue weighted by molar-refractivity contribution is 0.0843. The van der Waals surface area contributed by atoms with Crippen LogP contribution in [0.5, 0.6) is 0 Å². The number of aromatic nitrogens is 2. The Hall–Kier alpha value is -3.08. The summed E-state index contributed by atoms with van der Waals surface area (Å²) in [6.45, 7) is 0. The largest absolute Gasteiger partial charge is 0.290 e. The molecule has 0 saturated carbocycles. The van der Waals surface area contributed by atoms with Crippen LogP contribution in [-0.4, -0.2) is 30.2 Å². The van der Waals surface area contributed by atoms with Gasteiger partial charge in [-0.05, 0) is 30.3 Å². The van der Waals surface area contributed by atoms with Crippen LogP contribution in [0, 0.1) is 5.82 Å². The lowest BCUT2D eigenvalue weighted by Crippen LogP contribution is -2.42. The van der Waals surface area contributed by atoms with Crippen LogP contribution in [-0.2, 0) is 15.6 Å². The van der Waals surface area contributed by atoms with Crippen molar-refractivity contribution < 1.29 is 22.4 Å². The fourth-order valence-electron chi connectivity index (χ4n) is 2.39. The lowest BCUT2D eigenvalue weighted by atomic mass is 10.2. The van der Waals surface area contributed by atoms with Crippen LogP contribution in [0.2, 0.25) is 10.0 Å². The van der Waals surface area contributed by atoms with Crippen molar-refractivity contribution in [2.75, 3.05) is 0 Å². The number of halogens is 3. The minimum absolute atomic E-state index is 0.0812. The Balaban J connectivity index is 1.77. The van der Waals surface area contributed by atoms with E-state index in [4.69, 9.17) is 23.2 Å². The molecule has 2 aromatic carbocycles. The average Bonchev–Trinajstić information content (AvgIpc) is 2.74. The van der Waals surface area contributed by atoms with Crippen LogP contribution in [0.15, 0.2) is 59.9 Å². The molecule has 0 saturated heterocycles. The summed E-state index contributed by atoms with van der Waals surface area (Å²) in [5.41, 5.74) is 3.89. The summed E-state index contributed by atoms with van der Waals surface area (Å²) in [4.78, 5) is 31.8. The third-order valence-electron chi connectivity index (χ3n) is 3.91. The van der Waals surface area contributed by atoms with Crippen molar-refractivity contribution in [2.45, 2.75) is 10.9 Å². The zero-order chi connectivity index (χ0) is 22.6. The first-order valence-corrected chi connectivity index (χ1v) is 10.9. The number of hydrogen-bond acceptors (Lipinski definition) is 6. The molecule has 0 aliphatic rings. The first-order chi connectivity index (χ1) is 14.7. The second-order valence-electron chi connectivity index (χ2n) is 6.11. The van der Waals surface area contributed by atoms with E-state index in [-0.39, 0.29) is 16.1 Å². The van der Waals surface area contributed by atoms with Crippen LogP contribution >= 0.6 is 23.2 Å². The van der Waals surface area contributed by atoms with Gasteiger partial charge in [0.05, 0.1) is 17.0 Å². The van der Waals surface area contributed by atoms with Gasteiger partial charge in [0, 0.05) is 16.1 Å². The number of amides is 2. The molecule has 2 N–H and O–H groups in total. The minimum Gasteiger partial charge on any atom is -0.267 e. The molecule has 160 valence electrons. The average molecular weight is 483 g/mol. The Bertz CT molecular complexity index is 1250. The van der Waals surface area contributed by atoms with Gasteiger partial charge in [-0.3, -0.25) is 20.4 Å². The van der Waals surface area contributed by atoms with E-state index >= 15 is 0 Å². The van der Waals surface area contributed by atoms with Gasteiger partial charge in [-0.2, -0.15) is 0 Å². The molecule has 0 unspecified atom stereocenters. The second-order valence-corrected chi connectivity index (χ2v) is 8.84. The normalized spacial score (nSPS) is 11.1. The van der Waals surface area contributed by atoms with Gasteiger partial charge < -0.3 is 0 Å². The van der Waals surface area contributed by atoms with E-state index in [1.54, 1.807) is 0 Å². The quantitative estimate of drug-likeness (QED) is 0.426. The maximum atomic E-state index is 13.8. The molecule has 31 heavy (non-hydrogen) atoms. The molecule has 3 rings (SSSR count). The Labute approximate surface area is 186 Å². The van der Waals surface area contributed by atoms with E-state index in [1.807, 2.05) is 0 Å². The second kappa shape index (κ2) is 9.38. The molecule has 1 heterocycles. The Morgan fingerprint density at radius 2 is 1.61 bits per heavy atom. The first-order valence-electron chi connectivity index (χ1n) is 8.52. The summed E-state index contributed by atoms with van der Waals surface area (Å²) in [6.07, 6.45) is 0.929. The molecule has 12 heteroatoms. The highest BCUT2D eigenvalue weighted by atomic mass is 35.5. The molecule has 0 radical (unpaired) electrons. The van der Waals surface area contributed by atoms with E-state index in [2.05, 4.69) is 20.8 Å². The number of rotatable bonds is 5. The Morgan fingerprint density at radius 3 is 2.29 bits per heavy atom. The third kappa shape index (κ3) is 5.54. The summed E-state index contributed by atoms with van der Waals surface area (Å²) in [5, 5.41) is -0.533. The molecule has 0 atom stereocenters. The number of sulfone groups is 1. The Kier molecular flexibility index (Phi) is 6.84. The van der Waals surface area contributed by atoms with Crippen molar-refractivity contribution in [3.63, 3.8) is 0 Å². The van der Waals surface area contributed by atoms with Gasteiger partial charge in [0.15, 0.2) is 5.69 Å². The number of carbonyl (C=O) groups is 2. The number of carbonyl (C=O) groups excluding carboxylic acids is 2. The monoisotopic (exact) mass is 482 g/mol. The van der Waals surface area contributed by atoms with Gasteiger partial charge in [-0.15, -0.1) is 0 Å². The zero-order valence-electron chi connectivity index (χ0n) is 15.5. The van der Waals surface area contributed by atoms with Gasteiger partial charge in [0.25, 0.3) is 11.8 Å². The molecule has 0 aliphatic heterocycles. The van der Waals surface area contributed by atoms with Crippen LogP contribution < -0.4 is 10.9 Å². The Morgan fingerprint density at radius 1 is 0.968 bits per heavy atom. The van der Waals surface area contributed by atoms with Crippen molar-refractivity contribution in [2.24, 2.45) is 0 Å². The zero-order valence-corrected chi connectivity index (χ0v) is 17.8. The number of hydrogen-bond donors (Lipinski definition) is 2.